The molecule has 2 aromatic rings. The molecule has 0 heterocycles. The minimum Gasteiger partial charge on any atom is -0.493 e. The molecule has 0 aliphatic rings. The quantitative estimate of drug-likeness (QED) is 0.349. The van der Waals surface area contributed by atoms with Gasteiger partial charge in [-0.1, -0.05) is 18.2 Å². The highest BCUT2D eigenvalue weighted by molar-refractivity contribution is 5.96. The van der Waals surface area contributed by atoms with Crippen LogP contribution in [0.4, 0.5) is 10.1 Å². The molecule has 0 atom stereocenters. The van der Waals surface area contributed by atoms with Crippen molar-refractivity contribution in [1.82, 2.24) is 4.90 Å². The summed E-state index contributed by atoms with van der Waals surface area (Å²) in [4.78, 5) is 36.4. The van der Waals surface area contributed by atoms with Crippen molar-refractivity contribution < 1.29 is 33.1 Å². The fourth-order valence-corrected chi connectivity index (χ4v) is 2.58. The second-order valence-electron chi connectivity index (χ2n) is 6.13. The lowest BCUT2D eigenvalue weighted by molar-refractivity contribution is -0.385. The number of nitrogens with zero attached hydrogens (tertiary/aromatic N) is 2. The summed E-state index contributed by atoms with van der Waals surface area (Å²) in [5.74, 6) is -1.93. The number of halogens is 1. The minimum atomic E-state index is -1.07. The Morgan fingerprint density at radius 3 is 2.50 bits per heavy atom. The van der Waals surface area contributed by atoms with Gasteiger partial charge in [-0.3, -0.25) is 14.9 Å². The molecule has 30 heavy (non-hydrogen) atoms. The molecule has 0 saturated carbocycles. The second kappa shape index (κ2) is 10.2. The smallest absolute Gasteiger partial charge is 0.345 e. The van der Waals surface area contributed by atoms with Crippen molar-refractivity contribution in [3.05, 3.63) is 63.5 Å². The standard InChI is InChI=1S/C20H21FN2O7/c1-4-29-18-9-14(16(23(26)27)10-17(18)28-3)20(25)30-12-19(24)22(2)11-13-7-5-6-8-15(13)21/h5-10H,4,11-12H2,1-3H3. The van der Waals surface area contributed by atoms with Gasteiger partial charge in [0, 0.05) is 25.2 Å². The van der Waals surface area contributed by atoms with Crippen LogP contribution in [0, 0.1) is 15.9 Å². The molecule has 1 amide bonds. The van der Waals surface area contributed by atoms with Gasteiger partial charge in [-0.25, -0.2) is 9.18 Å². The van der Waals surface area contributed by atoms with Crippen molar-refractivity contribution in [2.45, 2.75) is 13.5 Å². The Hall–Kier alpha value is -3.69. The molecule has 0 spiro atoms. The Kier molecular flexibility index (Phi) is 7.68. The molecule has 0 fully saturated rings. The van der Waals surface area contributed by atoms with E-state index in [0.29, 0.717) is 5.56 Å². The van der Waals surface area contributed by atoms with Crippen LogP contribution < -0.4 is 9.47 Å². The van der Waals surface area contributed by atoms with Crippen LogP contribution >= 0.6 is 0 Å². The van der Waals surface area contributed by atoms with Crippen LogP contribution in [0.25, 0.3) is 0 Å². The molecular formula is C20H21FN2O7. The van der Waals surface area contributed by atoms with Crippen molar-refractivity contribution in [2.75, 3.05) is 27.4 Å². The van der Waals surface area contributed by atoms with Crippen molar-refractivity contribution >= 4 is 17.6 Å². The van der Waals surface area contributed by atoms with Crippen molar-refractivity contribution in [2.24, 2.45) is 0 Å². The first-order valence-corrected chi connectivity index (χ1v) is 8.92. The first-order chi connectivity index (χ1) is 14.3. The maximum absolute atomic E-state index is 13.7. The number of rotatable bonds is 9. The maximum atomic E-state index is 13.7. The molecule has 9 nitrogen and oxygen atoms in total. The molecule has 0 unspecified atom stereocenters. The van der Waals surface area contributed by atoms with Gasteiger partial charge in [0.05, 0.1) is 24.7 Å². The number of hydrogen-bond acceptors (Lipinski definition) is 7. The summed E-state index contributed by atoms with van der Waals surface area (Å²) in [5, 5.41) is 11.3. The van der Waals surface area contributed by atoms with Crippen molar-refractivity contribution in [3.8, 4) is 11.5 Å². The SMILES string of the molecule is CCOc1cc(C(=O)OCC(=O)N(C)Cc2ccccc2F)c([N+](=O)[O-])cc1OC. The molecule has 10 heteroatoms. The third kappa shape index (κ3) is 5.43. The molecule has 0 radical (unpaired) electrons. The Balaban J connectivity index is 2.13. The first kappa shape index (κ1) is 22.6. The summed E-state index contributed by atoms with van der Waals surface area (Å²) >= 11 is 0. The number of carbonyl (C=O) groups excluding carboxylic acids is 2. The Morgan fingerprint density at radius 1 is 1.20 bits per heavy atom. The van der Waals surface area contributed by atoms with Gasteiger partial charge < -0.3 is 19.1 Å². The third-order valence-corrected chi connectivity index (χ3v) is 4.12. The van der Waals surface area contributed by atoms with Crippen LogP contribution in [0.1, 0.15) is 22.8 Å². The zero-order chi connectivity index (χ0) is 22.3. The van der Waals surface area contributed by atoms with Gasteiger partial charge in [-0.05, 0) is 13.0 Å². The van der Waals surface area contributed by atoms with E-state index in [1.165, 1.54) is 37.3 Å². The molecule has 160 valence electrons. The highest BCUT2D eigenvalue weighted by Gasteiger charge is 2.26. The second-order valence-corrected chi connectivity index (χ2v) is 6.13. The van der Waals surface area contributed by atoms with Crippen LogP contribution in [0.5, 0.6) is 11.5 Å². The van der Waals surface area contributed by atoms with Gasteiger partial charge in [0.2, 0.25) is 0 Å². The van der Waals surface area contributed by atoms with Gasteiger partial charge >= 0.3 is 5.97 Å². The van der Waals surface area contributed by atoms with E-state index in [2.05, 4.69) is 0 Å². The van der Waals surface area contributed by atoms with E-state index < -0.39 is 34.9 Å². The summed E-state index contributed by atoms with van der Waals surface area (Å²) in [5.41, 5.74) is -0.631. The molecular weight excluding hydrogens is 399 g/mol. The Labute approximate surface area is 172 Å². The number of nitro benzene ring substituents is 1. The van der Waals surface area contributed by atoms with Gasteiger partial charge in [0.15, 0.2) is 18.1 Å². The van der Waals surface area contributed by atoms with Crippen LogP contribution in [0.15, 0.2) is 36.4 Å². The number of carbonyl (C=O) groups is 2. The van der Waals surface area contributed by atoms with Gasteiger partial charge in [-0.15, -0.1) is 0 Å². The number of likely N-dealkylation sites (N-methyl/N-ethyl adjacent to an activating group) is 1. The zero-order valence-electron chi connectivity index (χ0n) is 16.7. The number of esters is 1. The first-order valence-electron chi connectivity index (χ1n) is 8.92. The van der Waals surface area contributed by atoms with Crippen LogP contribution in [0.3, 0.4) is 0 Å². The predicted molar refractivity (Wildman–Crippen MR) is 104 cm³/mol. The monoisotopic (exact) mass is 420 g/mol. The normalized spacial score (nSPS) is 10.3. The summed E-state index contributed by atoms with van der Waals surface area (Å²) in [6.07, 6.45) is 0. The predicted octanol–water partition coefficient (Wildman–Crippen LogP) is 2.96. The highest BCUT2D eigenvalue weighted by atomic mass is 19.1. The molecule has 2 rings (SSSR count). The average Bonchev–Trinajstić information content (AvgIpc) is 2.73. The van der Waals surface area contributed by atoms with Crippen LogP contribution in [-0.4, -0.2) is 49.1 Å². The van der Waals surface area contributed by atoms with E-state index in [1.54, 1.807) is 13.0 Å². The van der Waals surface area contributed by atoms with E-state index in [-0.39, 0.29) is 30.2 Å². The highest BCUT2D eigenvalue weighted by Crippen LogP contribution is 2.35. The molecule has 0 bridgehead atoms. The maximum Gasteiger partial charge on any atom is 0.345 e. The van der Waals surface area contributed by atoms with Gasteiger partial charge in [0.1, 0.15) is 11.4 Å². The minimum absolute atomic E-state index is 0.0276. The summed E-state index contributed by atoms with van der Waals surface area (Å²) in [6, 6.07) is 8.15. The number of nitro groups is 1. The third-order valence-electron chi connectivity index (χ3n) is 4.12. The molecule has 0 aliphatic carbocycles. The lowest BCUT2D eigenvalue weighted by Crippen LogP contribution is -2.31. The van der Waals surface area contributed by atoms with E-state index >= 15 is 0 Å². The molecule has 0 saturated heterocycles. The average molecular weight is 420 g/mol. The van der Waals surface area contributed by atoms with Gasteiger partial charge in [0.25, 0.3) is 11.6 Å². The fourth-order valence-electron chi connectivity index (χ4n) is 2.58. The van der Waals surface area contributed by atoms with E-state index in [1.807, 2.05) is 0 Å². The van der Waals surface area contributed by atoms with Crippen LogP contribution in [-0.2, 0) is 16.1 Å². The molecule has 0 aromatic heterocycles. The number of methoxy groups -OCH3 is 1. The van der Waals surface area contributed by atoms with Crippen molar-refractivity contribution in [1.29, 1.82) is 0 Å². The lowest BCUT2D eigenvalue weighted by Gasteiger charge is -2.17. The molecule has 2 aromatic carbocycles. The Morgan fingerprint density at radius 2 is 1.90 bits per heavy atom. The topological polar surface area (TPSA) is 108 Å². The summed E-state index contributed by atoms with van der Waals surface area (Å²) in [7, 11) is 2.73. The number of benzene rings is 2. The molecule has 0 aliphatic heterocycles. The number of hydrogen-bond donors (Lipinski definition) is 0. The number of amides is 1. The Bertz CT molecular complexity index is 949. The van der Waals surface area contributed by atoms with E-state index in [9.17, 15) is 24.1 Å². The van der Waals surface area contributed by atoms with Gasteiger partial charge in [-0.2, -0.15) is 0 Å². The summed E-state index contributed by atoms with van der Waals surface area (Å²) in [6.45, 7) is 1.24. The van der Waals surface area contributed by atoms with E-state index in [4.69, 9.17) is 14.2 Å². The summed E-state index contributed by atoms with van der Waals surface area (Å²) < 4.78 is 29.0. The fraction of sp³-hybridized carbons (Fsp3) is 0.300. The van der Waals surface area contributed by atoms with E-state index in [0.717, 1.165) is 12.1 Å². The van der Waals surface area contributed by atoms with Crippen molar-refractivity contribution in [3.63, 3.8) is 0 Å². The zero-order valence-corrected chi connectivity index (χ0v) is 16.7. The largest absolute Gasteiger partial charge is 0.493 e. The van der Waals surface area contributed by atoms with Crippen LogP contribution in [0.2, 0.25) is 0 Å². The molecule has 0 N–H and O–H groups in total. The lowest BCUT2D eigenvalue weighted by atomic mass is 10.1. The number of ether oxygens (including phenoxy) is 3.